The maximum Gasteiger partial charge on any atom is 0.472 e. The molecule has 6 N–H and O–H groups in total. The number of unbranched alkanes of at least 4 members (excludes halogenated alkanes) is 12. The Hall–Kier alpha value is -2.45. The SMILES string of the molecule is CC/C=C\C/C=C\C/C=C\C/C=C\C/C=C\CC(=O)OC(COC(=O)CCCCCCCCCCCCCCC)COP(=O)(O)OC1C(O)C(O)C(O)C(O)C1O. The second-order valence-electron chi connectivity index (χ2n) is 14.5. The summed E-state index contributed by atoms with van der Waals surface area (Å²) in [6, 6.07) is 0. The van der Waals surface area contributed by atoms with Gasteiger partial charge in [0.2, 0.25) is 0 Å². The van der Waals surface area contributed by atoms with Gasteiger partial charge in [-0.05, 0) is 38.5 Å². The Balaban J connectivity index is 2.58. The van der Waals surface area contributed by atoms with Crippen LogP contribution >= 0.6 is 7.82 Å². The zero-order valence-corrected chi connectivity index (χ0v) is 35.3. The fourth-order valence-corrected chi connectivity index (χ4v) is 6.98. The number of rotatable bonds is 33. The van der Waals surface area contributed by atoms with E-state index in [9.17, 15) is 44.6 Å². The molecule has 0 aromatic heterocycles. The number of allylic oxidation sites excluding steroid dienone is 9. The number of phosphoric acid groups is 1. The van der Waals surface area contributed by atoms with E-state index in [0.29, 0.717) is 12.8 Å². The third-order valence-electron chi connectivity index (χ3n) is 9.41. The molecule has 0 amide bonds. The summed E-state index contributed by atoms with van der Waals surface area (Å²) in [4.78, 5) is 35.5. The number of carbonyl (C=O) groups is 2. The fraction of sp³-hybridized carbons (Fsp3) is 0.721. The van der Waals surface area contributed by atoms with Crippen LogP contribution in [0.5, 0.6) is 0 Å². The molecule has 0 spiro atoms. The summed E-state index contributed by atoms with van der Waals surface area (Å²) in [6.45, 7) is 3.07. The molecule has 1 saturated carbocycles. The molecule has 0 bridgehead atoms. The van der Waals surface area contributed by atoms with Crippen molar-refractivity contribution in [2.24, 2.45) is 0 Å². The van der Waals surface area contributed by atoms with E-state index in [1.54, 1.807) is 12.2 Å². The van der Waals surface area contributed by atoms with E-state index in [1.165, 1.54) is 57.8 Å². The number of hydrogen-bond acceptors (Lipinski definition) is 12. The summed E-state index contributed by atoms with van der Waals surface area (Å²) >= 11 is 0. The van der Waals surface area contributed by atoms with Gasteiger partial charge in [-0.15, -0.1) is 0 Å². The van der Waals surface area contributed by atoms with Gasteiger partial charge in [0.15, 0.2) is 6.10 Å². The first-order valence-electron chi connectivity index (χ1n) is 21.1. The van der Waals surface area contributed by atoms with Crippen LogP contribution in [0.4, 0.5) is 0 Å². The molecule has 0 aromatic carbocycles. The zero-order chi connectivity index (χ0) is 42.2. The van der Waals surface area contributed by atoms with Crippen LogP contribution in [0.1, 0.15) is 142 Å². The monoisotopic (exact) mass is 828 g/mol. The second-order valence-corrected chi connectivity index (χ2v) is 15.9. The lowest BCUT2D eigenvalue weighted by molar-refractivity contribution is -0.220. The smallest absolute Gasteiger partial charge is 0.462 e. The molecule has 14 heteroatoms. The molecule has 0 aromatic rings. The highest BCUT2D eigenvalue weighted by Gasteiger charge is 2.51. The van der Waals surface area contributed by atoms with Gasteiger partial charge in [-0.25, -0.2) is 4.57 Å². The second kappa shape index (κ2) is 33.4. The number of hydrogen-bond donors (Lipinski definition) is 6. The lowest BCUT2D eigenvalue weighted by Crippen LogP contribution is -2.64. The van der Waals surface area contributed by atoms with Gasteiger partial charge in [0.05, 0.1) is 13.0 Å². The number of ether oxygens (including phenoxy) is 2. The lowest BCUT2D eigenvalue weighted by atomic mass is 9.85. The largest absolute Gasteiger partial charge is 0.472 e. The van der Waals surface area contributed by atoms with Gasteiger partial charge in [0, 0.05) is 6.42 Å². The molecular weight excluding hydrogens is 755 g/mol. The van der Waals surface area contributed by atoms with Gasteiger partial charge >= 0.3 is 19.8 Å². The molecular formula is C43H73O13P. The molecule has 0 aliphatic heterocycles. The van der Waals surface area contributed by atoms with Crippen LogP contribution in [-0.2, 0) is 32.7 Å². The van der Waals surface area contributed by atoms with E-state index in [2.05, 4.69) is 50.3 Å². The molecule has 57 heavy (non-hydrogen) atoms. The number of carbonyl (C=O) groups excluding carboxylic acids is 2. The number of phosphoric ester groups is 1. The molecule has 13 nitrogen and oxygen atoms in total. The van der Waals surface area contributed by atoms with Crippen LogP contribution in [0.2, 0.25) is 0 Å². The number of aliphatic hydroxyl groups excluding tert-OH is 5. The summed E-state index contributed by atoms with van der Waals surface area (Å²) in [7, 11) is -5.14. The predicted octanol–water partition coefficient (Wildman–Crippen LogP) is 7.38. The maximum absolute atomic E-state index is 12.8. The summed E-state index contributed by atoms with van der Waals surface area (Å²) < 4.78 is 33.3. The van der Waals surface area contributed by atoms with Crippen molar-refractivity contribution < 1.29 is 63.1 Å². The summed E-state index contributed by atoms with van der Waals surface area (Å²) in [5.41, 5.74) is 0. The highest BCUT2D eigenvalue weighted by molar-refractivity contribution is 7.47. The molecule has 0 radical (unpaired) electrons. The molecule has 328 valence electrons. The van der Waals surface area contributed by atoms with Crippen LogP contribution < -0.4 is 0 Å². The van der Waals surface area contributed by atoms with Crippen molar-refractivity contribution in [3.05, 3.63) is 60.8 Å². The minimum Gasteiger partial charge on any atom is -0.462 e. The Morgan fingerprint density at radius 1 is 0.561 bits per heavy atom. The Kier molecular flexibility index (Phi) is 30.8. The van der Waals surface area contributed by atoms with Crippen molar-refractivity contribution in [2.75, 3.05) is 13.2 Å². The molecule has 6 atom stereocenters. The van der Waals surface area contributed by atoms with Crippen molar-refractivity contribution >= 4 is 19.8 Å². The van der Waals surface area contributed by atoms with E-state index >= 15 is 0 Å². The van der Waals surface area contributed by atoms with E-state index < -0.39 is 75.7 Å². The fourth-order valence-electron chi connectivity index (χ4n) is 6.01. The summed E-state index contributed by atoms with van der Waals surface area (Å²) in [5, 5.41) is 50.0. The summed E-state index contributed by atoms with van der Waals surface area (Å²) in [5.74, 6) is -1.25. The summed E-state index contributed by atoms with van der Waals surface area (Å²) in [6.07, 6.45) is 26.0. The molecule has 0 saturated heterocycles. The third-order valence-corrected chi connectivity index (χ3v) is 10.4. The van der Waals surface area contributed by atoms with Crippen molar-refractivity contribution in [3.8, 4) is 0 Å². The van der Waals surface area contributed by atoms with Crippen molar-refractivity contribution in [1.82, 2.24) is 0 Å². The zero-order valence-electron chi connectivity index (χ0n) is 34.4. The number of aliphatic hydroxyl groups is 5. The van der Waals surface area contributed by atoms with Gasteiger partial charge in [-0.3, -0.25) is 18.6 Å². The van der Waals surface area contributed by atoms with Gasteiger partial charge in [-0.1, -0.05) is 152 Å². The van der Waals surface area contributed by atoms with Gasteiger partial charge in [0.25, 0.3) is 0 Å². The lowest BCUT2D eigenvalue weighted by Gasteiger charge is -2.41. The molecule has 1 aliphatic rings. The van der Waals surface area contributed by atoms with Gasteiger partial charge < -0.3 is 39.9 Å². The Morgan fingerprint density at radius 2 is 0.982 bits per heavy atom. The normalized spacial score (nSPS) is 23.3. The highest BCUT2D eigenvalue weighted by atomic mass is 31.2. The maximum atomic E-state index is 12.8. The molecule has 0 heterocycles. The molecule has 1 rings (SSSR count). The van der Waals surface area contributed by atoms with Gasteiger partial charge in [-0.2, -0.15) is 0 Å². The van der Waals surface area contributed by atoms with Crippen LogP contribution in [-0.4, -0.2) is 98.3 Å². The molecule has 1 aliphatic carbocycles. The topological polar surface area (TPSA) is 210 Å². The van der Waals surface area contributed by atoms with Crippen LogP contribution in [0, 0.1) is 0 Å². The van der Waals surface area contributed by atoms with Crippen molar-refractivity contribution in [1.29, 1.82) is 0 Å². The molecule has 1 fully saturated rings. The van der Waals surface area contributed by atoms with Crippen molar-refractivity contribution in [3.63, 3.8) is 0 Å². The molecule has 6 unspecified atom stereocenters. The first-order chi connectivity index (χ1) is 27.4. The van der Waals surface area contributed by atoms with Crippen LogP contribution in [0.3, 0.4) is 0 Å². The van der Waals surface area contributed by atoms with Crippen LogP contribution in [0.15, 0.2) is 60.8 Å². The average molecular weight is 829 g/mol. The van der Waals surface area contributed by atoms with E-state index in [0.717, 1.165) is 44.9 Å². The van der Waals surface area contributed by atoms with Gasteiger partial charge in [0.1, 0.15) is 43.2 Å². The Bertz CT molecular complexity index is 1230. The first-order valence-corrected chi connectivity index (χ1v) is 22.6. The minimum atomic E-state index is -5.14. The average Bonchev–Trinajstić information content (AvgIpc) is 3.19. The Morgan fingerprint density at radius 3 is 1.46 bits per heavy atom. The van der Waals surface area contributed by atoms with Crippen LogP contribution in [0.25, 0.3) is 0 Å². The highest BCUT2D eigenvalue weighted by Crippen LogP contribution is 2.47. The van der Waals surface area contributed by atoms with E-state index in [4.69, 9.17) is 18.5 Å². The standard InChI is InChI=1S/C43H73O13P/c1-3-5-7-9-11-13-15-17-18-20-22-24-26-28-30-32-37(45)55-35(34-54-57(51,52)56-43-41(49)39(47)38(46)40(48)42(43)50)33-53-36(44)31-29-27-25-23-21-19-16-14-12-10-8-6-4-2/h5,7,11,13,17-18,22,24,28,30,35,38-43,46-50H,3-4,6,8-10,12,14-16,19-21,23,25-27,29,31-34H2,1-2H3,(H,51,52)/b7-5-,13-11-,18-17-,24-22-,30-28-. The number of esters is 2. The third kappa shape index (κ3) is 26.3. The first kappa shape index (κ1) is 52.6. The minimum absolute atomic E-state index is 0.136. The predicted molar refractivity (Wildman–Crippen MR) is 221 cm³/mol. The quantitative estimate of drug-likeness (QED) is 0.0165. The van der Waals surface area contributed by atoms with E-state index in [1.807, 2.05) is 12.2 Å². The van der Waals surface area contributed by atoms with E-state index in [-0.39, 0.29) is 12.8 Å². The Labute approximate surface area is 341 Å². The van der Waals surface area contributed by atoms with Crippen molar-refractivity contribution in [2.45, 2.75) is 185 Å².